The Balaban J connectivity index is 3.03. The number of halogens is 1. The van der Waals surface area contributed by atoms with Gasteiger partial charge < -0.3 is 10.1 Å². The maximum absolute atomic E-state index is 13.0. The Morgan fingerprint density at radius 3 is 2.28 bits per heavy atom. The third kappa shape index (κ3) is 3.53. The molecule has 2 unspecified atom stereocenters. The first-order valence-corrected chi connectivity index (χ1v) is 6.70. The second-order valence-electron chi connectivity index (χ2n) is 4.64. The van der Waals surface area contributed by atoms with Crippen LogP contribution in [0.3, 0.4) is 0 Å². The van der Waals surface area contributed by atoms with Gasteiger partial charge >= 0.3 is 0 Å². The molecule has 0 aliphatic heterocycles. The van der Waals surface area contributed by atoms with E-state index in [1.165, 1.54) is 12.1 Å². The van der Waals surface area contributed by atoms with Gasteiger partial charge in [0.25, 0.3) is 0 Å². The third-order valence-corrected chi connectivity index (χ3v) is 3.40. The van der Waals surface area contributed by atoms with Gasteiger partial charge in [0.1, 0.15) is 5.82 Å². The van der Waals surface area contributed by atoms with Crippen molar-refractivity contribution in [3.05, 3.63) is 35.6 Å². The van der Waals surface area contributed by atoms with E-state index in [1.54, 1.807) is 0 Å². The molecule has 1 aromatic carbocycles. The van der Waals surface area contributed by atoms with Crippen LogP contribution in [0.1, 0.15) is 45.7 Å². The molecule has 3 heteroatoms. The van der Waals surface area contributed by atoms with Crippen LogP contribution < -0.4 is 5.32 Å². The molecule has 1 N–H and O–H groups in total. The summed E-state index contributed by atoms with van der Waals surface area (Å²) in [4.78, 5) is 0. The fourth-order valence-electron chi connectivity index (χ4n) is 2.26. The number of hydrogen-bond acceptors (Lipinski definition) is 2. The van der Waals surface area contributed by atoms with Crippen LogP contribution >= 0.6 is 0 Å². The van der Waals surface area contributed by atoms with Gasteiger partial charge in [-0.3, -0.25) is 0 Å². The van der Waals surface area contributed by atoms with Crippen LogP contribution in [0.25, 0.3) is 0 Å². The number of ether oxygens (including phenoxy) is 1. The average Bonchev–Trinajstić information content (AvgIpc) is 2.37. The summed E-state index contributed by atoms with van der Waals surface area (Å²) < 4.78 is 18.9. The van der Waals surface area contributed by atoms with E-state index in [-0.39, 0.29) is 17.5 Å². The Hall–Kier alpha value is -0.930. The van der Waals surface area contributed by atoms with E-state index in [1.807, 2.05) is 19.1 Å². The molecule has 1 aromatic rings. The smallest absolute Gasteiger partial charge is 0.123 e. The van der Waals surface area contributed by atoms with Gasteiger partial charge in [0.2, 0.25) is 0 Å². The monoisotopic (exact) mass is 253 g/mol. The summed E-state index contributed by atoms with van der Waals surface area (Å²) in [6.07, 6.45) is 0.899. The molecule has 0 aliphatic rings. The first-order chi connectivity index (χ1) is 8.57. The van der Waals surface area contributed by atoms with E-state index in [2.05, 4.69) is 26.1 Å². The Morgan fingerprint density at radius 1 is 1.22 bits per heavy atom. The highest BCUT2D eigenvalue weighted by Crippen LogP contribution is 2.32. The predicted octanol–water partition coefficient (Wildman–Crippen LogP) is 3.68. The molecular formula is C15H24FNO. The Labute approximate surface area is 110 Å². The first-order valence-electron chi connectivity index (χ1n) is 6.70. The molecule has 2 atom stereocenters. The number of hydrogen-bond donors (Lipinski definition) is 1. The van der Waals surface area contributed by atoms with Crippen LogP contribution in [0.5, 0.6) is 0 Å². The number of likely N-dealkylation sites (N-methyl/N-ethyl adjacent to an activating group) is 1. The molecule has 18 heavy (non-hydrogen) atoms. The number of benzene rings is 1. The Bertz CT molecular complexity index is 352. The van der Waals surface area contributed by atoms with Gasteiger partial charge in [-0.25, -0.2) is 4.39 Å². The molecule has 0 saturated carbocycles. The van der Waals surface area contributed by atoms with Crippen molar-refractivity contribution in [1.82, 2.24) is 5.32 Å². The molecule has 2 nitrogen and oxygen atoms in total. The van der Waals surface area contributed by atoms with Crippen molar-refractivity contribution >= 4 is 0 Å². The number of rotatable bonds is 7. The van der Waals surface area contributed by atoms with Crippen molar-refractivity contribution in [3.8, 4) is 0 Å². The fraction of sp³-hybridized carbons (Fsp3) is 0.600. The van der Waals surface area contributed by atoms with Gasteiger partial charge in [0.05, 0.1) is 11.6 Å². The van der Waals surface area contributed by atoms with Crippen molar-refractivity contribution in [3.63, 3.8) is 0 Å². The lowest BCUT2D eigenvalue weighted by molar-refractivity contribution is -0.0560. The Kier molecular flexibility index (Phi) is 5.76. The molecule has 102 valence electrons. The Morgan fingerprint density at radius 2 is 1.83 bits per heavy atom. The molecule has 0 amide bonds. The summed E-state index contributed by atoms with van der Waals surface area (Å²) in [6.45, 7) is 9.81. The first kappa shape index (κ1) is 15.1. The lowest BCUT2D eigenvalue weighted by Gasteiger charge is -2.37. The zero-order valence-electron chi connectivity index (χ0n) is 11.8. The van der Waals surface area contributed by atoms with Crippen molar-refractivity contribution in [1.29, 1.82) is 0 Å². The molecule has 0 aliphatic carbocycles. The number of nitrogens with one attached hydrogen (secondary N) is 1. The highest BCUT2D eigenvalue weighted by atomic mass is 19.1. The highest BCUT2D eigenvalue weighted by Gasteiger charge is 2.33. The topological polar surface area (TPSA) is 21.3 Å². The van der Waals surface area contributed by atoms with E-state index >= 15 is 0 Å². The quantitative estimate of drug-likeness (QED) is 0.800. The molecule has 0 bridgehead atoms. The molecule has 0 aromatic heterocycles. The standard InChI is InChI=1S/C15H24FNO/c1-5-15(4,18-7-3)14(17-6-2)12-8-10-13(16)11-9-12/h8-11,14,17H,5-7H2,1-4H3. The predicted molar refractivity (Wildman–Crippen MR) is 73.1 cm³/mol. The maximum Gasteiger partial charge on any atom is 0.123 e. The molecule has 0 fully saturated rings. The van der Waals surface area contributed by atoms with Gasteiger partial charge in [0, 0.05) is 6.61 Å². The van der Waals surface area contributed by atoms with Crippen LogP contribution in [0.2, 0.25) is 0 Å². The van der Waals surface area contributed by atoms with Crippen LogP contribution in [0, 0.1) is 5.82 Å². The molecule has 0 saturated heterocycles. The largest absolute Gasteiger partial charge is 0.374 e. The summed E-state index contributed by atoms with van der Waals surface area (Å²) in [5.41, 5.74) is 0.791. The lowest BCUT2D eigenvalue weighted by Crippen LogP contribution is -2.43. The molecule has 0 spiro atoms. The summed E-state index contributed by atoms with van der Waals surface area (Å²) in [6, 6.07) is 6.74. The van der Waals surface area contributed by atoms with Crippen molar-refractivity contribution in [2.45, 2.75) is 45.8 Å². The summed E-state index contributed by atoms with van der Waals surface area (Å²) >= 11 is 0. The van der Waals surface area contributed by atoms with Gasteiger partial charge in [-0.1, -0.05) is 26.0 Å². The zero-order valence-corrected chi connectivity index (χ0v) is 11.8. The fourth-order valence-corrected chi connectivity index (χ4v) is 2.26. The van der Waals surface area contributed by atoms with E-state index in [0.29, 0.717) is 6.61 Å². The summed E-state index contributed by atoms with van der Waals surface area (Å²) in [5.74, 6) is -0.205. The van der Waals surface area contributed by atoms with Gasteiger partial charge in [-0.15, -0.1) is 0 Å². The zero-order chi connectivity index (χ0) is 13.6. The SMILES string of the molecule is CCNC(c1ccc(F)cc1)C(C)(CC)OCC. The van der Waals surface area contributed by atoms with Crippen LogP contribution in [0.4, 0.5) is 4.39 Å². The van der Waals surface area contributed by atoms with E-state index in [0.717, 1.165) is 18.5 Å². The molecular weight excluding hydrogens is 229 g/mol. The van der Waals surface area contributed by atoms with Crippen molar-refractivity contribution in [2.75, 3.05) is 13.2 Å². The van der Waals surface area contributed by atoms with E-state index < -0.39 is 0 Å². The van der Waals surface area contributed by atoms with Crippen LogP contribution in [-0.4, -0.2) is 18.8 Å². The summed E-state index contributed by atoms with van der Waals surface area (Å²) in [5, 5.41) is 3.45. The summed E-state index contributed by atoms with van der Waals surface area (Å²) in [7, 11) is 0. The highest BCUT2D eigenvalue weighted by molar-refractivity contribution is 5.23. The molecule has 0 heterocycles. The average molecular weight is 253 g/mol. The molecule has 1 rings (SSSR count). The van der Waals surface area contributed by atoms with Crippen LogP contribution in [0.15, 0.2) is 24.3 Å². The van der Waals surface area contributed by atoms with Crippen LogP contribution in [-0.2, 0) is 4.74 Å². The maximum atomic E-state index is 13.0. The minimum absolute atomic E-state index is 0.0769. The minimum Gasteiger partial charge on any atom is -0.374 e. The lowest BCUT2D eigenvalue weighted by atomic mass is 9.87. The van der Waals surface area contributed by atoms with E-state index in [9.17, 15) is 4.39 Å². The normalized spacial score (nSPS) is 16.3. The van der Waals surface area contributed by atoms with Crippen molar-refractivity contribution in [2.24, 2.45) is 0 Å². The van der Waals surface area contributed by atoms with E-state index in [4.69, 9.17) is 4.74 Å². The van der Waals surface area contributed by atoms with Crippen molar-refractivity contribution < 1.29 is 9.13 Å². The second-order valence-corrected chi connectivity index (χ2v) is 4.64. The second kappa shape index (κ2) is 6.86. The van der Waals surface area contributed by atoms with Gasteiger partial charge in [-0.05, 0) is 44.5 Å². The minimum atomic E-state index is -0.275. The van der Waals surface area contributed by atoms with Gasteiger partial charge in [-0.2, -0.15) is 0 Å². The molecule has 0 radical (unpaired) electrons. The third-order valence-electron chi connectivity index (χ3n) is 3.40. The van der Waals surface area contributed by atoms with Gasteiger partial charge in [0.15, 0.2) is 0 Å².